The van der Waals surface area contributed by atoms with E-state index < -0.39 is 46.6 Å². The molecule has 258 valence electrons. The van der Waals surface area contributed by atoms with Gasteiger partial charge >= 0.3 is 6.18 Å². The van der Waals surface area contributed by atoms with Crippen molar-refractivity contribution >= 4 is 21.9 Å². The number of alkyl halides is 3. The first kappa shape index (κ1) is 34.1. The van der Waals surface area contributed by atoms with Crippen LogP contribution in [0.1, 0.15) is 60.4 Å². The van der Waals surface area contributed by atoms with Crippen molar-refractivity contribution in [2.45, 2.75) is 76.7 Å². The van der Waals surface area contributed by atoms with Crippen LogP contribution in [-0.4, -0.2) is 64.1 Å². The van der Waals surface area contributed by atoms with Gasteiger partial charge in [-0.2, -0.15) is 18.2 Å². The lowest BCUT2D eigenvalue weighted by Gasteiger charge is -2.34. The van der Waals surface area contributed by atoms with E-state index in [4.69, 9.17) is 9.47 Å². The number of aryl methyl sites for hydroxylation is 2. The highest BCUT2D eigenvalue weighted by Crippen LogP contribution is 2.61. The highest BCUT2D eigenvalue weighted by atomic mass is 32.2. The van der Waals surface area contributed by atoms with Gasteiger partial charge in [0, 0.05) is 17.2 Å². The number of hydrogen-bond acceptors (Lipinski definition) is 9. The lowest BCUT2D eigenvalue weighted by atomic mass is 9.94. The van der Waals surface area contributed by atoms with E-state index in [1.165, 1.54) is 47.6 Å². The first-order valence-corrected chi connectivity index (χ1v) is 17.2. The second-order valence-corrected chi connectivity index (χ2v) is 14.4. The number of rotatable bonds is 7. The predicted octanol–water partition coefficient (Wildman–Crippen LogP) is 6.27. The molecule has 0 unspecified atom stereocenters. The first-order valence-electron chi connectivity index (χ1n) is 15.7. The summed E-state index contributed by atoms with van der Waals surface area (Å²) < 4.78 is 84.6. The number of carbonyl (C=O) groups is 1. The Labute approximate surface area is 282 Å². The number of benzene rings is 2. The minimum absolute atomic E-state index is 0.0624. The molecule has 15 heteroatoms. The minimum Gasteiger partial charge on any atom is -0.488 e. The van der Waals surface area contributed by atoms with Crippen molar-refractivity contribution in [1.82, 2.24) is 24.8 Å². The second-order valence-electron chi connectivity index (χ2n) is 12.7. The number of ether oxygens (including phenoxy) is 2. The Morgan fingerprint density at radius 2 is 1.71 bits per heavy atom. The van der Waals surface area contributed by atoms with Gasteiger partial charge in [0.25, 0.3) is 15.9 Å². The van der Waals surface area contributed by atoms with Gasteiger partial charge < -0.3 is 14.4 Å². The molecule has 2 aliphatic rings. The van der Waals surface area contributed by atoms with Crippen LogP contribution in [0, 0.1) is 19.3 Å². The summed E-state index contributed by atoms with van der Waals surface area (Å²) in [7, 11) is -4.33. The van der Waals surface area contributed by atoms with E-state index in [2.05, 4.69) is 24.7 Å². The Morgan fingerprint density at radius 3 is 2.35 bits per heavy atom. The van der Waals surface area contributed by atoms with Crippen molar-refractivity contribution in [3.63, 3.8) is 0 Å². The maximum atomic E-state index is 14.4. The summed E-state index contributed by atoms with van der Waals surface area (Å²) in [5.74, 6) is -0.582. The number of fused-ring (bicyclic) bond motifs is 4. The van der Waals surface area contributed by atoms with Crippen LogP contribution < -0.4 is 14.2 Å². The van der Waals surface area contributed by atoms with E-state index in [0.717, 1.165) is 11.1 Å². The largest absolute Gasteiger partial charge is 0.488 e. The molecule has 1 fully saturated rings. The maximum absolute atomic E-state index is 14.4. The van der Waals surface area contributed by atoms with Gasteiger partial charge in [-0.15, -0.1) is 0 Å². The monoisotopic (exact) mass is 696 g/mol. The Kier molecular flexibility index (Phi) is 8.98. The third kappa shape index (κ3) is 7.31. The number of carbonyl (C=O) groups excluding carboxylic acids is 1. The molecule has 0 radical (unpaired) electrons. The Bertz CT molecular complexity index is 1960. The summed E-state index contributed by atoms with van der Waals surface area (Å²) in [5.41, 5.74) is 0.681. The number of amides is 1. The molecule has 1 aliphatic carbocycles. The molecule has 0 saturated heterocycles. The maximum Gasteiger partial charge on any atom is 0.394 e. The van der Waals surface area contributed by atoms with E-state index in [-0.39, 0.29) is 53.6 Å². The molecule has 2 aromatic heterocycles. The van der Waals surface area contributed by atoms with Crippen LogP contribution >= 0.6 is 0 Å². The van der Waals surface area contributed by atoms with Crippen molar-refractivity contribution in [2.24, 2.45) is 5.41 Å². The fourth-order valence-electron chi connectivity index (χ4n) is 5.95. The summed E-state index contributed by atoms with van der Waals surface area (Å²) in [6.07, 6.45) is -2.48. The average molecular weight is 697 g/mol. The smallest absolute Gasteiger partial charge is 0.394 e. The fourth-order valence-corrected chi connectivity index (χ4v) is 6.94. The van der Waals surface area contributed by atoms with Gasteiger partial charge in [-0.05, 0) is 76.3 Å². The molecule has 6 rings (SSSR count). The van der Waals surface area contributed by atoms with E-state index >= 15 is 0 Å². The Hall–Kier alpha value is -4.79. The molecule has 4 bridgehead atoms. The average Bonchev–Trinajstić information content (AvgIpc) is 3.83. The summed E-state index contributed by atoms with van der Waals surface area (Å²) in [6.45, 7) is 6.73. The van der Waals surface area contributed by atoms with Crippen molar-refractivity contribution in [3.8, 4) is 22.9 Å². The number of hydrogen-bond donors (Lipinski definition) is 1. The van der Waals surface area contributed by atoms with E-state index in [1.807, 2.05) is 45.9 Å². The molecule has 1 aliphatic heterocycles. The third-order valence-corrected chi connectivity index (χ3v) is 9.95. The Morgan fingerprint density at radius 1 is 1.04 bits per heavy atom. The number of aromatic nitrogens is 4. The molecule has 2 aromatic carbocycles. The highest BCUT2D eigenvalue weighted by Gasteiger charge is 2.64. The molecule has 3 heterocycles. The van der Waals surface area contributed by atoms with Crippen molar-refractivity contribution in [1.29, 1.82) is 0 Å². The number of anilines is 1. The summed E-state index contributed by atoms with van der Waals surface area (Å²) in [5, 5.41) is 0. The molecular formula is C34H35F3N6O5S. The minimum atomic E-state index is -4.52. The normalized spacial score (nSPS) is 18.4. The highest BCUT2D eigenvalue weighted by molar-refractivity contribution is 7.92. The van der Waals surface area contributed by atoms with Gasteiger partial charge in [0.2, 0.25) is 11.8 Å². The van der Waals surface area contributed by atoms with Gasteiger partial charge in [-0.3, -0.25) is 4.79 Å². The van der Waals surface area contributed by atoms with Crippen LogP contribution in [0.3, 0.4) is 0 Å². The van der Waals surface area contributed by atoms with E-state index in [0.29, 0.717) is 17.0 Å². The number of sulfonamides is 1. The SMILES string of the molecule is Cc1cccc(C)c1-c1cc2nc(n1)NS(=O)(=O)c1cccc(c1)C(=O)N(Cc1ncc(OC(C)C)cn1)[C@H](CC1(C(F)(F)F)CC1)CO2. The molecule has 11 nitrogen and oxygen atoms in total. The summed E-state index contributed by atoms with van der Waals surface area (Å²) in [6, 6.07) is 11.2. The summed E-state index contributed by atoms with van der Waals surface area (Å²) in [4.78, 5) is 32.6. The van der Waals surface area contributed by atoms with Crippen LogP contribution in [0.4, 0.5) is 19.1 Å². The van der Waals surface area contributed by atoms with Crippen molar-refractivity contribution < 1.29 is 35.9 Å². The summed E-state index contributed by atoms with van der Waals surface area (Å²) >= 11 is 0. The van der Waals surface area contributed by atoms with Gasteiger partial charge in [0.05, 0.1) is 47.1 Å². The lowest BCUT2D eigenvalue weighted by Crippen LogP contribution is -2.46. The molecule has 1 N–H and O–H groups in total. The van der Waals surface area contributed by atoms with Gasteiger partial charge in [0.1, 0.15) is 12.4 Å². The van der Waals surface area contributed by atoms with Crippen LogP contribution in [0.2, 0.25) is 0 Å². The van der Waals surface area contributed by atoms with Crippen molar-refractivity contribution in [2.75, 3.05) is 11.3 Å². The molecule has 1 saturated carbocycles. The third-order valence-electron chi connectivity index (χ3n) is 8.63. The van der Waals surface area contributed by atoms with Gasteiger partial charge in [-0.25, -0.2) is 28.1 Å². The topological polar surface area (TPSA) is 136 Å². The molecular weight excluding hydrogens is 661 g/mol. The molecule has 49 heavy (non-hydrogen) atoms. The van der Waals surface area contributed by atoms with Crippen molar-refractivity contribution in [3.05, 3.63) is 83.4 Å². The molecule has 0 spiro atoms. The predicted molar refractivity (Wildman–Crippen MR) is 173 cm³/mol. The van der Waals surface area contributed by atoms with Crippen LogP contribution in [0.25, 0.3) is 11.3 Å². The molecule has 1 amide bonds. The number of halogens is 3. The second kappa shape index (κ2) is 12.9. The van der Waals surface area contributed by atoms with E-state index in [1.54, 1.807) is 0 Å². The fraction of sp³-hybridized carbons (Fsp3) is 0.382. The lowest BCUT2D eigenvalue weighted by molar-refractivity contribution is -0.192. The zero-order chi connectivity index (χ0) is 35.1. The Balaban J connectivity index is 1.48. The van der Waals surface area contributed by atoms with Crippen LogP contribution in [0.5, 0.6) is 11.6 Å². The standard InChI is InChI=1S/C34H35F3N6O5S/c1-20(2)48-25-16-38-28(39-17-25)18-43-24(15-33(11-12-33)34(35,36)37)19-47-29-14-27(30-21(3)7-5-8-22(30)4)40-32(41-29)42-49(45,46)26-10-6-9-23(13-26)31(43)44/h5-10,13-14,16-17,20,24H,11-12,15,18-19H2,1-4H3,(H,40,41,42)/t24-/m1/s1. The zero-order valence-corrected chi connectivity index (χ0v) is 28.1. The van der Waals surface area contributed by atoms with Gasteiger partial charge in [0.15, 0.2) is 5.75 Å². The first-order chi connectivity index (χ1) is 23.1. The van der Waals surface area contributed by atoms with Crippen LogP contribution in [0.15, 0.2) is 65.8 Å². The molecule has 4 aromatic rings. The van der Waals surface area contributed by atoms with Crippen LogP contribution in [-0.2, 0) is 16.6 Å². The quantitative estimate of drug-likeness (QED) is 0.237. The number of nitrogens with one attached hydrogen (secondary N) is 1. The molecule has 1 atom stereocenters. The number of nitrogens with zero attached hydrogens (tertiary/aromatic N) is 5. The van der Waals surface area contributed by atoms with Gasteiger partial charge in [-0.1, -0.05) is 24.3 Å². The van der Waals surface area contributed by atoms with E-state index in [9.17, 15) is 26.4 Å². The zero-order valence-electron chi connectivity index (χ0n) is 27.3.